The van der Waals surface area contributed by atoms with E-state index in [-0.39, 0.29) is 0 Å². The van der Waals surface area contributed by atoms with Crippen molar-refractivity contribution in [1.82, 2.24) is 10.2 Å². The SMILES string of the molecule is CNC(CCN1CCCC(C)CC1)c1ccc(Br)cc1. The zero-order chi connectivity index (χ0) is 14.4. The first kappa shape index (κ1) is 16.0. The molecule has 112 valence electrons. The van der Waals surface area contributed by atoms with E-state index in [1.54, 1.807) is 0 Å². The third-order valence-corrected chi connectivity index (χ3v) is 4.99. The third-order valence-electron chi connectivity index (χ3n) is 4.46. The van der Waals surface area contributed by atoms with Gasteiger partial charge in [0, 0.05) is 10.5 Å². The van der Waals surface area contributed by atoms with Crippen molar-refractivity contribution in [2.45, 2.75) is 38.6 Å². The number of benzene rings is 1. The molecule has 0 spiro atoms. The van der Waals surface area contributed by atoms with Gasteiger partial charge in [-0.3, -0.25) is 0 Å². The second-order valence-corrected chi connectivity index (χ2v) is 6.97. The predicted molar refractivity (Wildman–Crippen MR) is 90.0 cm³/mol. The van der Waals surface area contributed by atoms with Crippen molar-refractivity contribution >= 4 is 15.9 Å². The van der Waals surface area contributed by atoms with E-state index in [1.807, 2.05) is 0 Å². The molecule has 2 nitrogen and oxygen atoms in total. The first-order valence-electron chi connectivity index (χ1n) is 7.84. The fourth-order valence-electron chi connectivity index (χ4n) is 3.03. The maximum Gasteiger partial charge on any atom is 0.0329 e. The lowest BCUT2D eigenvalue weighted by Gasteiger charge is -2.24. The Kier molecular flexibility index (Phi) is 6.53. The topological polar surface area (TPSA) is 15.3 Å². The summed E-state index contributed by atoms with van der Waals surface area (Å²) >= 11 is 3.50. The molecule has 0 bridgehead atoms. The highest BCUT2D eigenvalue weighted by atomic mass is 79.9. The van der Waals surface area contributed by atoms with Crippen molar-refractivity contribution in [2.75, 3.05) is 26.7 Å². The highest BCUT2D eigenvalue weighted by Crippen LogP contribution is 2.21. The number of rotatable bonds is 5. The van der Waals surface area contributed by atoms with Crippen LogP contribution in [0.5, 0.6) is 0 Å². The van der Waals surface area contributed by atoms with Gasteiger partial charge in [0.1, 0.15) is 0 Å². The first-order chi connectivity index (χ1) is 9.69. The molecule has 1 heterocycles. The molecule has 0 aromatic heterocycles. The van der Waals surface area contributed by atoms with Crippen molar-refractivity contribution in [1.29, 1.82) is 0 Å². The summed E-state index contributed by atoms with van der Waals surface area (Å²) in [6.45, 7) is 6.15. The average Bonchev–Trinajstić information content (AvgIpc) is 2.66. The Morgan fingerprint density at radius 1 is 1.25 bits per heavy atom. The molecule has 1 N–H and O–H groups in total. The number of likely N-dealkylation sites (tertiary alicyclic amines) is 1. The van der Waals surface area contributed by atoms with E-state index in [9.17, 15) is 0 Å². The molecule has 1 aliphatic rings. The van der Waals surface area contributed by atoms with Crippen molar-refractivity contribution in [3.8, 4) is 0 Å². The summed E-state index contributed by atoms with van der Waals surface area (Å²) in [5, 5.41) is 3.46. The second kappa shape index (κ2) is 8.16. The lowest BCUT2D eigenvalue weighted by molar-refractivity contribution is 0.265. The van der Waals surface area contributed by atoms with E-state index >= 15 is 0 Å². The maximum absolute atomic E-state index is 3.50. The molecule has 2 atom stereocenters. The quantitative estimate of drug-likeness (QED) is 0.864. The molecule has 2 unspecified atom stereocenters. The monoisotopic (exact) mass is 338 g/mol. The molecule has 1 aliphatic heterocycles. The Labute approximate surface area is 132 Å². The molecule has 3 heteroatoms. The molecular formula is C17H27BrN2. The van der Waals surface area contributed by atoms with Gasteiger partial charge in [-0.25, -0.2) is 0 Å². The van der Waals surface area contributed by atoms with Crippen LogP contribution in [0.15, 0.2) is 28.7 Å². The van der Waals surface area contributed by atoms with Crippen LogP contribution in [-0.4, -0.2) is 31.6 Å². The molecule has 0 amide bonds. The molecule has 2 rings (SSSR count). The third kappa shape index (κ3) is 4.87. The van der Waals surface area contributed by atoms with Gasteiger partial charge in [0.2, 0.25) is 0 Å². The number of nitrogens with zero attached hydrogens (tertiary/aromatic N) is 1. The predicted octanol–water partition coefficient (Wildman–Crippen LogP) is 4.22. The van der Waals surface area contributed by atoms with Gasteiger partial charge >= 0.3 is 0 Å². The number of hydrogen-bond donors (Lipinski definition) is 1. The highest BCUT2D eigenvalue weighted by molar-refractivity contribution is 9.10. The minimum Gasteiger partial charge on any atom is -0.313 e. The smallest absolute Gasteiger partial charge is 0.0329 e. The van der Waals surface area contributed by atoms with Crippen LogP contribution in [0.1, 0.15) is 44.2 Å². The van der Waals surface area contributed by atoms with Crippen LogP contribution < -0.4 is 5.32 Å². The Morgan fingerprint density at radius 2 is 2.00 bits per heavy atom. The standard InChI is InChI=1S/C17H27BrN2/c1-14-4-3-11-20(12-9-14)13-10-17(19-2)15-5-7-16(18)8-6-15/h5-8,14,17,19H,3-4,9-13H2,1-2H3. The Morgan fingerprint density at radius 3 is 2.70 bits per heavy atom. The van der Waals surface area contributed by atoms with E-state index in [0.717, 1.165) is 10.4 Å². The highest BCUT2D eigenvalue weighted by Gasteiger charge is 2.16. The summed E-state index contributed by atoms with van der Waals surface area (Å²) in [7, 11) is 2.07. The molecule has 0 radical (unpaired) electrons. The first-order valence-corrected chi connectivity index (χ1v) is 8.63. The van der Waals surface area contributed by atoms with Gasteiger partial charge < -0.3 is 10.2 Å². The van der Waals surface area contributed by atoms with Gasteiger partial charge in [-0.15, -0.1) is 0 Å². The van der Waals surface area contributed by atoms with E-state index < -0.39 is 0 Å². The van der Waals surface area contributed by atoms with Gasteiger partial charge in [0.05, 0.1) is 0 Å². The van der Waals surface area contributed by atoms with Crippen molar-refractivity contribution in [3.05, 3.63) is 34.3 Å². The molecule has 1 aromatic rings. The van der Waals surface area contributed by atoms with E-state index in [4.69, 9.17) is 0 Å². The van der Waals surface area contributed by atoms with Crippen LogP contribution in [0.25, 0.3) is 0 Å². The molecule has 1 fully saturated rings. The summed E-state index contributed by atoms with van der Waals surface area (Å²) in [5.74, 6) is 0.909. The van der Waals surface area contributed by atoms with Gasteiger partial charge in [0.15, 0.2) is 0 Å². The summed E-state index contributed by atoms with van der Waals surface area (Å²) in [6, 6.07) is 9.16. The van der Waals surface area contributed by atoms with E-state index in [0.29, 0.717) is 6.04 Å². The molecule has 1 saturated heterocycles. The summed E-state index contributed by atoms with van der Waals surface area (Å²) in [4.78, 5) is 2.65. The molecule has 1 aromatic carbocycles. The normalized spacial score (nSPS) is 22.4. The fraction of sp³-hybridized carbons (Fsp3) is 0.647. The van der Waals surface area contributed by atoms with Gasteiger partial charge in [-0.1, -0.05) is 35.0 Å². The van der Waals surface area contributed by atoms with E-state index in [2.05, 4.69) is 64.4 Å². The number of halogens is 1. The second-order valence-electron chi connectivity index (χ2n) is 6.06. The fourth-order valence-corrected chi connectivity index (χ4v) is 3.29. The van der Waals surface area contributed by atoms with E-state index in [1.165, 1.54) is 50.9 Å². The van der Waals surface area contributed by atoms with Crippen molar-refractivity contribution < 1.29 is 0 Å². The van der Waals surface area contributed by atoms with Crippen LogP contribution in [0.2, 0.25) is 0 Å². The summed E-state index contributed by atoms with van der Waals surface area (Å²) in [5.41, 5.74) is 1.39. The average molecular weight is 339 g/mol. The van der Waals surface area contributed by atoms with Crippen LogP contribution in [0.3, 0.4) is 0 Å². The maximum atomic E-state index is 3.50. The minimum absolute atomic E-state index is 0.462. The van der Waals surface area contributed by atoms with Gasteiger partial charge in [-0.05, 0) is 76.0 Å². The van der Waals surface area contributed by atoms with Crippen LogP contribution in [0, 0.1) is 5.92 Å². The molecule has 0 saturated carbocycles. The van der Waals surface area contributed by atoms with Gasteiger partial charge in [0.25, 0.3) is 0 Å². The molecule has 0 aliphatic carbocycles. The van der Waals surface area contributed by atoms with Gasteiger partial charge in [-0.2, -0.15) is 0 Å². The van der Waals surface area contributed by atoms with Crippen LogP contribution in [-0.2, 0) is 0 Å². The summed E-state index contributed by atoms with van der Waals surface area (Å²) in [6.07, 6.45) is 5.32. The summed E-state index contributed by atoms with van der Waals surface area (Å²) < 4.78 is 1.15. The Bertz CT molecular complexity index is 390. The molecular weight excluding hydrogens is 312 g/mol. The number of hydrogen-bond acceptors (Lipinski definition) is 2. The van der Waals surface area contributed by atoms with Crippen molar-refractivity contribution in [2.24, 2.45) is 5.92 Å². The zero-order valence-electron chi connectivity index (χ0n) is 12.7. The Hall–Kier alpha value is -0.380. The minimum atomic E-state index is 0.462. The lowest BCUT2D eigenvalue weighted by Crippen LogP contribution is -2.29. The van der Waals surface area contributed by atoms with Crippen molar-refractivity contribution in [3.63, 3.8) is 0 Å². The largest absolute Gasteiger partial charge is 0.313 e. The lowest BCUT2D eigenvalue weighted by atomic mass is 10.0. The van der Waals surface area contributed by atoms with Crippen LogP contribution in [0.4, 0.5) is 0 Å². The molecule has 20 heavy (non-hydrogen) atoms. The number of nitrogens with one attached hydrogen (secondary N) is 1. The van der Waals surface area contributed by atoms with Crippen LogP contribution >= 0.6 is 15.9 Å². The Balaban J connectivity index is 1.85. The zero-order valence-corrected chi connectivity index (χ0v) is 14.3.